The quantitative estimate of drug-likeness (QED) is 0.239. The van der Waals surface area contributed by atoms with E-state index in [9.17, 15) is 4.79 Å². The Morgan fingerprint density at radius 2 is 1.59 bits per heavy atom. The first-order valence-corrected chi connectivity index (χ1v) is 10.5. The van der Waals surface area contributed by atoms with E-state index in [4.69, 9.17) is 16.3 Å². The lowest BCUT2D eigenvalue weighted by Gasteiger charge is -2.20. The summed E-state index contributed by atoms with van der Waals surface area (Å²) in [5, 5.41) is 0.232. The SMILES string of the molecule is C=C(C(=O)c1ccccc1)C(c1cccc(OCc2ccccc2)c1)c1nccnc1Cl. The summed E-state index contributed by atoms with van der Waals surface area (Å²) >= 11 is 6.39. The van der Waals surface area contributed by atoms with Crippen LogP contribution in [-0.4, -0.2) is 15.8 Å². The van der Waals surface area contributed by atoms with Crippen LogP contribution in [0.5, 0.6) is 5.75 Å². The Hall–Kier alpha value is -3.76. The molecule has 4 aromatic rings. The minimum absolute atomic E-state index is 0.173. The molecular formula is C27H21ClN2O2. The number of allylic oxidation sites excluding steroid dienone is 1. The second kappa shape index (κ2) is 10.0. The van der Waals surface area contributed by atoms with Gasteiger partial charge in [-0.05, 0) is 23.3 Å². The molecular weight excluding hydrogens is 420 g/mol. The lowest BCUT2D eigenvalue weighted by Crippen LogP contribution is -2.15. The molecule has 0 aliphatic heterocycles. The number of ketones is 1. The zero-order chi connectivity index (χ0) is 22.3. The van der Waals surface area contributed by atoms with Gasteiger partial charge < -0.3 is 4.74 Å². The Labute approximate surface area is 192 Å². The van der Waals surface area contributed by atoms with Crippen LogP contribution in [-0.2, 0) is 6.61 Å². The van der Waals surface area contributed by atoms with Crippen molar-refractivity contribution in [2.75, 3.05) is 0 Å². The fourth-order valence-electron chi connectivity index (χ4n) is 3.48. The number of hydrogen-bond donors (Lipinski definition) is 0. The van der Waals surface area contributed by atoms with Crippen molar-refractivity contribution in [3.8, 4) is 5.75 Å². The number of ether oxygens (including phenoxy) is 1. The molecule has 1 aromatic heterocycles. The van der Waals surface area contributed by atoms with E-state index in [-0.39, 0.29) is 10.9 Å². The molecule has 0 radical (unpaired) electrons. The van der Waals surface area contributed by atoms with Crippen molar-refractivity contribution in [2.24, 2.45) is 0 Å². The molecule has 0 amide bonds. The lowest BCUT2D eigenvalue weighted by atomic mass is 9.85. The second-order valence-electron chi connectivity index (χ2n) is 7.23. The maximum absolute atomic E-state index is 13.2. The third-order valence-electron chi connectivity index (χ3n) is 5.07. The molecule has 1 heterocycles. The van der Waals surface area contributed by atoms with E-state index in [1.807, 2.05) is 72.8 Å². The highest BCUT2D eigenvalue weighted by atomic mass is 35.5. The molecule has 0 N–H and O–H groups in total. The Bertz CT molecular complexity index is 1230. The van der Waals surface area contributed by atoms with E-state index >= 15 is 0 Å². The summed E-state index contributed by atoms with van der Waals surface area (Å²) < 4.78 is 5.99. The number of hydrogen-bond acceptors (Lipinski definition) is 4. The molecule has 3 aromatic carbocycles. The molecule has 1 atom stereocenters. The van der Waals surface area contributed by atoms with Crippen LogP contribution in [0.3, 0.4) is 0 Å². The normalized spacial score (nSPS) is 11.5. The van der Waals surface area contributed by atoms with Crippen molar-refractivity contribution < 1.29 is 9.53 Å². The standard InChI is InChI=1S/C27H21ClN2O2/c1-19(26(31)21-11-6-3-7-12-21)24(25-27(28)30-16-15-29-25)22-13-8-14-23(17-22)32-18-20-9-4-2-5-10-20/h2-17,24H,1,18H2. The van der Waals surface area contributed by atoms with Gasteiger partial charge in [0, 0.05) is 23.5 Å². The van der Waals surface area contributed by atoms with E-state index in [2.05, 4.69) is 16.5 Å². The van der Waals surface area contributed by atoms with Crippen molar-refractivity contribution >= 4 is 17.4 Å². The molecule has 0 saturated heterocycles. The van der Waals surface area contributed by atoms with Gasteiger partial charge in [0.1, 0.15) is 12.4 Å². The molecule has 4 rings (SSSR count). The summed E-state index contributed by atoms with van der Waals surface area (Å²) in [7, 11) is 0. The minimum Gasteiger partial charge on any atom is -0.489 e. The van der Waals surface area contributed by atoms with Crippen LogP contribution in [0.15, 0.2) is 109 Å². The van der Waals surface area contributed by atoms with Crippen molar-refractivity contribution in [2.45, 2.75) is 12.5 Å². The van der Waals surface area contributed by atoms with Crippen LogP contribution < -0.4 is 4.74 Å². The number of benzene rings is 3. The highest BCUT2D eigenvalue weighted by molar-refractivity contribution is 6.30. The van der Waals surface area contributed by atoms with Gasteiger partial charge in [-0.1, -0.05) is 91.0 Å². The summed E-state index contributed by atoms with van der Waals surface area (Å²) in [6.07, 6.45) is 3.08. The molecule has 5 heteroatoms. The molecule has 158 valence electrons. The molecule has 0 saturated carbocycles. The van der Waals surface area contributed by atoms with E-state index in [0.29, 0.717) is 29.2 Å². The van der Waals surface area contributed by atoms with Crippen LogP contribution in [0.2, 0.25) is 5.15 Å². The van der Waals surface area contributed by atoms with Gasteiger partial charge in [-0.25, -0.2) is 4.98 Å². The van der Waals surface area contributed by atoms with Gasteiger partial charge in [0.2, 0.25) is 0 Å². The van der Waals surface area contributed by atoms with Crippen LogP contribution in [0.1, 0.15) is 33.1 Å². The van der Waals surface area contributed by atoms with Gasteiger partial charge in [0.05, 0.1) is 11.6 Å². The Morgan fingerprint density at radius 1 is 0.906 bits per heavy atom. The first kappa shape index (κ1) is 21.5. The number of carbonyl (C=O) groups is 1. The van der Waals surface area contributed by atoms with Gasteiger partial charge in [-0.2, -0.15) is 0 Å². The summed E-state index contributed by atoms with van der Waals surface area (Å²) in [5.74, 6) is -0.0616. The second-order valence-corrected chi connectivity index (χ2v) is 7.59. The van der Waals surface area contributed by atoms with Crippen LogP contribution in [0, 0.1) is 0 Å². The van der Waals surface area contributed by atoms with Gasteiger partial charge in [0.25, 0.3) is 0 Å². The molecule has 32 heavy (non-hydrogen) atoms. The highest BCUT2D eigenvalue weighted by Gasteiger charge is 2.27. The van der Waals surface area contributed by atoms with E-state index in [1.54, 1.807) is 18.3 Å². The number of Topliss-reactive ketones (excluding diaryl/α,β-unsaturated/α-hetero) is 1. The number of rotatable bonds is 8. The molecule has 0 aliphatic rings. The zero-order valence-corrected chi connectivity index (χ0v) is 18.1. The molecule has 1 unspecified atom stereocenters. The van der Waals surface area contributed by atoms with Crippen LogP contribution >= 0.6 is 11.6 Å². The smallest absolute Gasteiger partial charge is 0.189 e. The third-order valence-corrected chi connectivity index (χ3v) is 5.36. The van der Waals surface area contributed by atoms with Gasteiger partial charge in [0.15, 0.2) is 10.9 Å². The van der Waals surface area contributed by atoms with Crippen molar-refractivity contribution in [1.29, 1.82) is 0 Å². The Balaban J connectivity index is 1.68. The van der Waals surface area contributed by atoms with Crippen molar-refractivity contribution in [1.82, 2.24) is 9.97 Å². The number of nitrogens with zero attached hydrogens (tertiary/aromatic N) is 2. The van der Waals surface area contributed by atoms with Gasteiger partial charge in [-0.15, -0.1) is 0 Å². The van der Waals surface area contributed by atoms with Crippen LogP contribution in [0.25, 0.3) is 0 Å². The summed E-state index contributed by atoms with van der Waals surface area (Å²) in [5.41, 5.74) is 3.25. The Morgan fingerprint density at radius 3 is 2.31 bits per heavy atom. The summed E-state index contributed by atoms with van der Waals surface area (Å²) in [6.45, 7) is 4.57. The van der Waals surface area contributed by atoms with Crippen molar-refractivity contribution in [3.05, 3.63) is 137 Å². The van der Waals surface area contributed by atoms with E-state index in [1.165, 1.54) is 6.20 Å². The summed E-state index contributed by atoms with van der Waals surface area (Å²) in [4.78, 5) is 21.8. The van der Waals surface area contributed by atoms with Crippen LogP contribution in [0.4, 0.5) is 0 Å². The number of halogens is 1. The van der Waals surface area contributed by atoms with Gasteiger partial charge in [-0.3, -0.25) is 9.78 Å². The van der Waals surface area contributed by atoms with E-state index < -0.39 is 5.92 Å². The average Bonchev–Trinajstić information content (AvgIpc) is 2.85. The zero-order valence-electron chi connectivity index (χ0n) is 17.3. The molecule has 0 aliphatic carbocycles. The monoisotopic (exact) mass is 440 g/mol. The largest absolute Gasteiger partial charge is 0.489 e. The van der Waals surface area contributed by atoms with Gasteiger partial charge >= 0.3 is 0 Å². The molecule has 0 fully saturated rings. The third kappa shape index (κ3) is 4.93. The minimum atomic E-state index is -0.566. The molecule has 4 nitrogen and oxygen atoms in total. The molecule has 0 bridgehead atoms. The maximum atomic E-state index is 13.2. The maximum Gasteiger partial charge on any atom is 0.189 e. The molecule has 0 spiro atoms. The fraction of sp³-hybridized carbons (Fsp3) is 0.0741. The number of carbonyl (C=O) groups excluding carboxylic acids is 1. The predicted molar refractivity (Wildman–Crippen MR) is 126 cm³/mol. The van der Waals surface area contributed by atoms with Crippen molar-refractivity contribution in [3.63, 3.8) is 0 Å². The number of aromatic nitrogens is 2. The highest BCUT2D eigenvalue weighted by Crippen LogP contribution is 2.36. The first-order chi connectivity index (χ1) is 15.6. The first-order valence-electron chi connectivity index (χ1n) is 10.1. The predicted octanol–water partition coefficient (Wildman–Crippen LogP) is 6.28. The lowest BCUT2D eigenvalue weighted by molar-refractivity contribution is 0.103. The summed E-state index contributed by atoms with van der Waals surface area (Å²) in [6, 6.07) is 26.5. The van der Waals surface area contributed by atoms with E-state index in [0.717, 1.165) is 11.1 Å². The fourth-order valence-corrected chi connectivity index (χ4v) is 3.69. The Kier molecular flexibility index (Phi) is 6.73. The average molecular weight is 441 g/mol. The topological polar surface area (TPSA) is 52.1 Å².